The van der Waals surface area contributed by atoms with Crippen LogP contribution in [0.25, 0.3) is 21.9 Å². The number of amides is 1. The average Bonchev–Trinajstić information content (AvgIpc) is 3.21. The molecule has 0 saturated carbocycles. The highest BCUT2D eigenvalue weighted by atomic mass is 35.5. The number of thiazole rings is 1. The number of benzene rings is 3. The molecule has 5 nitrogen and oxygen atoms in total. The van der Waals surface area contributed by atoms with Gasteiger partial charge in [-0.05, 0) is 60.0 Å². The Morgan fingerprint density at radius 3 is 2.56 bits per heavy atom. The number of carboxylic acid groups (broad SMARTS) is 1. The number of hydrogen-bond donors (Lipinski definition) is 2. The predicted molar refractivity (Wildman–Crippen MR) is 130 cm³/mol. The fourth-order valence-corrected chi connectivity index (χ4v) is 4.47. The largest absolute Gasteiger partial charge is 0.481 e. The molecule has 1 amide bonds. The number of nitrogens with zero attached hydrogens (tertiary/aromatic N) is 1. The van der Waals surface area contributed by atoms with Gasteiger partial charge < -0.3 is 10.4 Å². The van der Waals surface area contributed by atoms with Crippen molar-refractivity contribution in [3.8, 4) is 0 Å². The van der Waals surface area contributed by atoms with Gasteiger partial charge in [-0.25, -0.2) is 4.98 Å². The maximum atomic E-state index is 12.6. The number of para-hydroxylation sites is 1. The van der Waals surface area contributed by atoms with E-state index in [-0.39, 0.29) is 12.3 Å². The number of aromatic nitrogens is 1. The predicted octanol–water partition coefficient (Wildman–Crippen LogP) is 6.61. The summed E-state index contributed by atoms with van der Waals surface area (Å²) in [6.07, 6.45) is 2.28. The van der Waals surface area contributed by atoms with Crippen LogP contribution in [0.5, 0.6) is 0 Å². The van der Waals surface area contributed by atoms with E-state index in [2.05, 4.69) is 10.3 Å². The van der Waals surface area contributed by atoms with Gasteiger partial charge in [0.25, 0.3) is 5.91 Å². The van der Waals surface area contributed by atoms with Crippen molar-refractivity contribution in [2.75, 3.05) is 5.32 Å². The molecular formula is C25H19ClN2O3S. The molecular weight excluding hydrogens is 444 g/mol. The molecule has 0 aliphatic rings. The number of carboxylic acids is 1. The Labute approximate surface area is 194 Å². The second-order valence-electron chi connectivity index (χ2n) is 7.11. The molecule has 7 heteroatoms. The van der Waals surface area contributed by atoms with Crippen LogP contribution < -0.4 is 5.32 Å². The molecule has 160 valence electrons. The molecule has 0 fully saturated rings. The number of anilines is 1. The van der Waals surface area contributed by atoms with Crippen molar-refractivity contribution in [2.45, 2.75) is 12.8 Å². The fraction of sp³-hybridized carbons (Fsp3) is 0.0800. The zero-order valence-electron chi connectivity index (χ0n) is 16.9. The second kappa shape index (κ2) is 9.77. The first-order valence-electron chi connectivity index (χ1n) is 9.94. The minimum absolute atomic E-state index is 0.00465. The van der Waals surface area contributed by atoms with Crippen molar-refractivity contribution in [2.24, 2.45) is 0 Å². The lowest BCUT2D eigenvalue weighted by atomic mass is 10.1. The SMILES string of the molecule is O=C(O)CC/C(=C\c1cccc(NC(=O)c2ccccc2Cl)c1)c1nc2ccccc2s1. The summed E-state index contributed by atoms with van der Waals surface area (Å²) in [6.45, 7) is 0. The fourth-order valence-electron chi connectivity index (χ4n) is 3.24. The topological polar surface area (TPSA) is 79.3 Å². The molecule has 0 aliphatic carbocycles. The van der Waals surface area contributed by atoms with Crippen LogP contribution in [0.4, 0.5) is 5.69 Å². The molecule has 1 heterocycles. The Kier molecular flexibility index (Phi) is 6.63. The van der Waals surface area contributed by atoms with E-state index in [1.54, 1.807) is 30.3 Å². The molecule has 2 N–H and O–H groups in total. The molecule has 0 saturated heterocycles. The number of carbonyl (C=O) groups is 2. The number of rotatable bonds is 7. The normalized spacial score (nSPS) is 11.5. The van der Waals surface area contributed by atoms with Crippen molar-refractivity contribution < 1.29 is 14.7 Å². The summed E-state index contributed by atoms with van der Waals surface area (Å²) >= 11 is 7.66. The maximum Gasteiger partial charge on any atom is 0.303 e. The molecule has 3 aromatic carbocycles. The highest BCUT2D eigenvalue weighted by Crippen LogP contribution is 2.31. The summed E-state index contributed by atoms with van der Waals surface area (Å²) in [5, 5.41) is 13.2. The summed E-state index contributed by atoms with van der Waals surface area (Å²) < 4.78 is 1.05. The van der Waals surface area contributed by atoms with Crippen LogP contribution in [-0.2, 0) is 4.79 Å². The van der Waals surface area contributed by atoms with Gasteiger partial charge in [0.1, 0.15) is 5.01 Å². The van der Waals surface area contributed by atoms with E-state index in [1.165, 1.54) is 11.3 Å². The number of fused-ring (bicyclic) bond motifs is 1. The highest BCUT2D eigenvalue weighted by molar-refractivity contribution is 7.19. The Bertz CT molecular complexity index is 1300. The Morgan fingerprint density at radius 2 is 1.78 bits per heavy atom. The minimum Gasteiger partial charge on any atom is -0.481 e. The van der Waals surface area contributed by atoms with Gasteiger partial charge in [-0.2, -0.15) is 0 Å². The van der Waals surface area contributed by atoms with Gasteiger partial charge in [-0.15, -0.1) is 11.3 Å². The molecule has 0 bridgehead atoms. The van der Waals surface area contributed by atoms with Gasteiger partial charge in [-0.1, -0.05) is 48.0 Å². The molecule has 1 aromatic heterocycles. The molecule has 0 atom stereocenters. The van der Waals surface area contributed by atoms with Crippen LogP contribution in [0.15, 0.2) is 72.8 Å². The molecule has 4 aromatic rings. The van der Waals surface area contributed by atoms with Gasteiger partial charge in [-0.3, -0.25) is 9.59 Å². The van der Waals surface area contributed by atoms with Gasteiger partial charge in [0.05, 0.1) is 20.8 Å². The minimum atomic E-state index is -0.863. The van der Waals surface area contributed by atoms with Crippen molar-refractivity contribution in [1.82, 2.24) is 4.98 Å². The van der Waals surface area contributed by atoms with Gasteiger partial charge >= 0.3 is 5.97 Å². The Morgan fingerprint density at radius 1 is 1.00 bits per heavy atom. The Balaban J connectivity index is 1.63. The molecule has 0 unspecified atom stereocenters. The first-order valence-corrected chi connectivity index (χ1v) is 11.1. The number of carbonyl (C=O) groups excluding carboxylic acids is 1. The first-order chi connectivity index (χ1) is 15.5. The van der Waals surface area contributed by atoms with E-state index < -0.39 is 5.97 Å². The van der Waals surface area contributed by atoms with Crippen LogP contribution in [0, 0.1) is 0 Å². The van der Waals surface area contributed by atoms with E-state index in [9.17, 15) is 14.7 Å². The monoisotopic (exact) mass is 462 g/mol. The second-order valence-corrected chi connectivity index (χ2v) is 8.55. The molecule has 0 radical (unpaired) electrons. The van der Waals surface area contributed by atoms with Crippen LogP contribution >= 0.6 is 22.9 Å². The Hall–Kier alpha value is -3.48. The van der Waals surface area contributed by atoms with Crippen LogP contribution in [0.2, 0.25) is 5.02 Å². The summed E-state index contributed by atoms with van der Waals surface area (Å²) in [7, 11) is 0. The van der Waals surface area contributed by atoms with Crippen LogP contribution in [-0.4, -0.2) is 22.0 Å². The average molecular weight is 463 g/mol. The van der Waals surface area contributed by atoms with Gasteiger partial charge in [0, 0.05) is 12.1 Å². The lowest BCUT2D eigenvalue weighted by Crippen LogP contribution is -2.12. The summed E-state index contributed by atoms with van der Waals surface area (Å²) in [5.41, 5.74) is 3.57. The third kappa shape index (κ3) is 5.22. The number of halogens is 1. The first kappa shape index (κ1) is 21.7. The number of nitrogens with one attached hydrogen (secondary N) is 1. The van der Waals surface area contributed by atoms with Crippen molar-refractivity contribution >= 4 is 62.4 Å². The summed E-state index contributed by atoms with van der Waals surface area (Å²) in [6, 6.07) is 22.0. The van der Waals surface area contributed by atoms with Crippen LogP contribution in [0.3, 0.4) is 0 Å². The van der Waals surface area contributed by atoms with Gasteiger partial charge in [0.2, 0.25) is 0 Å². The zero-order chi connectivity index (χ0) is 22.5. The molecule has 0 aliphatic heterocycles. The third-order valence-electron chi connectivity index (χ3n) is 4.78. The lowest BCUT2D eigenvalue weighted by molar-refractivity contribution is -0.136. The highest BCUT2D eigenvalue weighted by Gasteiger charge is 2.12. The number of allylic oxidation sites excluding steroid dienone is 1. The van der Waals surface area contributed by atoms with E-state index >= 15 is 0 Å². The van der Waals surface area contributed by atoms with Gasteiger partial charge in [0.15, 0.2) is 0 Å². The van der Waals surface area contributed by atoms with Crippen molar-refractivity contribution in [3.05, 3.63) is 94.0 Å². The molecule has 32 heavy (non-hydrogen) atoms. The van der Waals surface area contributed by atoms with E-state index in [4.69, 9.17) is 11.6 Å². The standard InChI is InChI=1S/C25H19ClN2O3S/c26-20-9-2-1-8-19(20)24(31)27-18-7-5-6-16(15-18)14-17(12-13-23(29)30)25-28-21-10-3-4-11-22(21)32-25/h1-11,14-15H,12-13H2,(H,27,31)(H,29,30)/b17-14+. The smallest absolute Gasteiger partial charge is 0.303 e. The maximum absolute atomic E-state index is 12.6. The van der Waals surface area contributed by atoms with Crippen molar-refractivity contribution in [1.29, 1.82) is 0 Å². The van der Waals surface area contributed by atoms with E-state index in [0.717, 1.165) is 26.4 Å². The third-order valence-corrected chi connectivity index (χ3v) is 6.22. The van der Waals surface area contributed by atoms with Crippen molar-refractivity contribution in [3.63, 3.8) is 0 Å². The zero-order valence-corrected chi connectivity index (χ0v) is 18.5. The molecule has 0 spiro atoms. The van der Waals surface area contributed by atoms with Crippen LogP contribution in [0.1, 0.15) is 33.8 Å². The molecule has 4 rings (SSSR count). The number of aliphatic carboxylic acids is 1. The summed E-state index contributed by atoms with van der Waals surface area (Å²) in [4.78, 5) is 28.5. The summed E-state index contributed by atoms with van der Waals surface area (Å²) in [5.74, 6) is -1.16. The van der Waals surface area contributed by atoms with E-state index in [0.29, 0.717) is 22.7 Å². The quantitative estimate of drug-likeness (QED) is 0.324. The lowest BCUT2D eigenvalue weighted by Gasteiger charge is -2.08. The number of hydrogen-bond acceptors (Lipinski definition) is 4. The van der Waals surface area contributed by atoms with E-state index in [1.807, 2.05) is 48.5 Å².